The van der Waals surface area contributed by atoms with Crippen LogP contribution in [0.2, 0.25) is 10.6 Å². The van der Waals surface area contributed by atoms with Gasteiger partial charge in [0.1, 0.15) is 52.5 Å². The molecule has 1 amide bonds. The average molecular weight is 1400 g/mol. The molecule has 0 saturated heterocycles. The number of hydrogen-bond donors (Lipinski definition) is 3. The summed E-state index contributed by atoms with van der Waals surface area (Å²) >= 11 is 16.8. The molecule has 33 heteroatoms. The standard InChI is InChI=1S/C22H16ClF2N5O3S.C17H14ClFN2O3.C7H5ClF2O3S.C7H6F2O.C6H5FN2S/c1-2-8-33-22(32)30-15-5-3-4-14(17(15)25)18(31)19(16-6-7-28-21(23)29-16)34-20(26)12-9-13(24)11-27-10-12;1-2-8-24-15(23)9-11-4-3-5-13(16(11)19)14(22)10-12-6-7-20-17(18)21-12;1-13-5-3-2-4(9)7(6(5)10)14(8,11)12;1-10-7-3-2-5(8)4-6(7)9;7-5-1-4(6(8)10)2-9-3-5/h2-7,9-11,19,26H,1,8H2,(H,30,32);2-7H,1,8-10H2;2-3H,1H3;2-4H,1H3;1-3H,(H2,8,10). The zero-order chi connectivity index (χ0) is 68.2. The number of ketones is 2. The van der Waals surface area contributed by atoms with E-state index in [1.54, 1.807) is 0 Å². The first-order valence-electron chi connectivity index (χ1n) is 25.2. The molecular formula is C59H46Cl3F8N9O10S3. The van der Waals surface area contributed by atoms with Crippen molar-refractivity contribution in [2.24, 2.45) is 5.73 Å². The van der Waals surface area contributed by atoms with E-state index in [0.29, 0.717) is 23.0 Å². The van der Waals surface area contributed by atoms with E-state index >= 15 is 4.39 Å². The highest BCUT2D eigenvalue weighted by atomic mass is 35.7. The Balaban J connectivity index is 0.000000268. The third kappa shape index (κ3) is 23.8. The van der Waals surface area contributed by atoms with Gasteiger partial charge >= 0.3 is 12.1 Å². The van der Waals surface area contributed by atoms with E-state index in [-0.39, 0.29) is 91.8 Å². The Morgan fingerprint density at radius 3 is 1.86 bits per heavy atom. The van der Waals surface area contributed by atoms with E-state index in [1.807, 2.05) is 0 Å². The quantitative estimate of drug-likeness (QED) is 0.00780. The van der Waals surface area contributed by atoms with Crippen LogP contribution in [0.5, 0.6) is 11.5 Å². The van der Waals surface area contributed by atoms with Gasteiger partial charge in [0.2, 0.25) is 10.6 Å². The molecule has 92 heavy (non-hydrogen) atoms. The molecule has 482 valence electrons. The highest BCUT2D eigenvalue weighted by Crippen LogP contribution is 2.36. The van der Waals surface area contributed by atoms with E-state index in [9.17, 15) is 58.3 Å². The van der Waals surface area contributed by atoms with E-state index in [1.165, 1.54) is 105 Å². The lowest BCUT2D eigenvalue weighted by Crippen LogP contribution is -2.18. The Morgan fingerprint density at radius 1 is 0.696 bits per heavy atom. The number of anilines is 1. The molecular weight excluding hydrogens is 1350 g/mol. The number of methoxy groups -OCH3 is 2. The summed E-state index contributed by atoms with van der Waals surface area (Å²) < 4.78 is 147. The van der Waals surface area contributed by atoms with Crippen LogP contribution < -0.4 is 20.5 Å². The number of esters is 1. The number of ether oxygens (including phenoxy) is 4. The number of Topliss-reactive ketones (excluding diaryl/α,β-unsaturated/α-hetero) is 2. The lowest BCUT2D eigenvalue weighted by atomic mass is 10.0. The van der Waals surface area contributed by atoms with Crippen LogP contribution >= 0.6 is 57.9 Å². The molecule has 0 aliphatic carbocycles. The number of amides is 1. The lowest BCUT2D eigenvalue weighted by molar-refractivity contribution is -0.141. The van der Waals surface area contributed by atoms with E-state index in [0.717, 1.165) is 49.8 Å². The topological polar surface area (TPSA) is 279 Å². The van der Waals surface area contributed by atoms with Gasteiger partial charge in [0, 0.05) is 52.7 Å². The van der Waals surface area contributed by atoms with Crippen LogP contribution in [0.4, 0.5) is 45.6 Å². The van der Waals surface area contributed by atoms with E-state index < -0.39 is 89.4 Å². The monoisotopic (exact) mass is 1390 g/mol. The number of nitrogens with two attached hydrogens (primary N) is 1. The Hall–Kier alpha value is -9.33. The number of pyridine rings is 2. The number of aromatic nitrogens is 6. The molecule has 8 rings (SSSR count). The number of rotatable bonds is 19. The molecule has 4 heterocycles. The molecule has 0 aliphatic heterocycles. The number of halogens is 11. The minimum atomic E-state index is -4.45. The Labute approximate surface area is 543 Å². The van der Waals surface area contributed by atoms with Gasteiger partial charge < -0.3 is 24.7 Å². The highest BCUT2D eigenvalue weighted by molar-refractivity contribution is 8.15. The Morgan fingerprint density at radius 2 is 1.28 bits per heavy atom. The van der Waals surface area contributed by atoms with Gasteiger partial charge in [-0.15, -0.1) is 0 Å². The van der Waals surface area contributed by atoms with E-state index in [2.05, 4.69) is 70.1 Å². The van der Waals surface area contributed by atoms with Crippen molar-refractivity contribution < 1.29 is 81.7 Å². The molecule has 4 aromatic carbocycles. The van der Waals surface area contributed by atoms with Crippen LogP contribution in [0.1, 0.15) is 54.0 Å². The fraction of sp³-hybridized carbons (Fsp3) is 0.119. The summed E-state index contributed by atoms with van der Waals surface area (Å²) in [6.07, 6.45) is 8.92. The molecule has 19 nitrogen and oxygen atoms in total. The van der Waals surface area contributed by atoms with Gasteiger partial charge in [0.25, 0.3) is 9.05 Å². The van der Waals surface area contributed by atoms with Crippen molar-refractivity contribution in [2.75, 3.05) is 32.8 Å². The number of nitrogens with one attached hydrogen (secondary N) is 2. The summed E-state index contributed by atoms with van der Waals surface area (Å²) in [5.74, 6) is -8.85. The van der Waals surface area contributed by atoms with Gasteiger partial charge in [0.15, 0.2) is 45.4 Å². The summed E-state index contributed by atoms with van der Waals surface area (Å²) in [5, 5.41) is 8.95. The molecule has 1 unspecified atom stereocenters. The third-order valence-corrected chi connectivity index (χ3v) is 14.0. The number of thioether (sulfide) groups is 1. The van der Waals surface area contributed by atoms with E-state index in [4.69, 9.17) is 54.5 Å². The number of thiocarbonyl (C=S) groups is 1. The van der Waals surface area contributed by atoms with Gasteiger partial charge in [-0.1, -0.05) is 67.5 Å². The van der Waals surface area contributed by atoms with Crippen molar-refractivity contribution in [3.8, 4) is 11.5 Å². The smallest absolute Gasteiger partial charge is 0.412 e. The van der Waals surface area contributed by atoms with Crippen LogP contribution in [-0.4, -0.2) is 99.4 Å². The predicted molar refractivity (Wildman–Crippen MR) is 330 cm³/mol. The molecule has 1 atom stereocenters. The number of carbonyl (C=O) groups is 4. The Bertz CT molecular complexity index is 4120. The van der Waals surface area contributed by atoms with Crippen LogP contribution in [0.3, 0.4) is 0 Å². The summed E-state index contributed by atoms with van der Waals surface area (Å²) in [4.78, 5) is 70.7. The molecule has 8 aromatic rings. The van der Waals surface area contributed by atoms with Crippen molar-refractivity contribution in [1.29, 1.82) is 5.41 Å². The fourth-order valence-corrected chi connectivity index (χ4v) is 9.25. The normalized spacial score (nSPS) is 10.7. The van der Waals surface area contributed by atoms with Crippen molar-refractivity contribution in [3.05, 3.63) is 250 Å². The molecule has 0 radical (unpaired) electrons. The van der Waals surface area contributed by atoms with Crippen LogP contribution in [0.25, 0.3) is 0 Å². The van der Waals surface area contributed by atoms with Crippen molar-refractivity contribution in [3.63, 3.8) is 0 Å². The number of carbonyl (C=O) groups excluding carboxylic acids is 4. The van der Waals surface area contributed by atoms with Gasteiger partial charge in [-0.2, -0.15) is 0 Å². The summed E-state index contributed by atoms with van der Waals surface area (Å²) in [6.45, 7) is 6.80. The van der Waals surface area contributed by atoms with Crippen LogP contribution in [-0.2, 0) is 36.2 Å². The molecule has 4 N–H and O–H groups in total. The second-order valence-electron chi connectivity index (χ2n) is 17.2. The largest absolute Gasteiger partial charge is 0.494 e. The molecule has 0 spiro atoms. The van der Waals surface area contributed by atoms with Crippen molar-refractivity contribution in [2.45, 2.75) is 23.0 Å². The van der Waals surface area contributed by atoms with Gasteiger partial charge in [-0.25, -0.2) is 68.3 Å². The van der Waals surface area contributed by atoms with Crippen LogP contribution in [0.15, 0.2) is 158 Å². The molecule has 0 fully saturated rings. The fourth-order valence-electron chi connectivity index (χ4n) is 6.81. The summed E-state index contributed by atoms with van der Waals surface area (Å²) in [5.41, 5.74) is 5.59. The van der Waals surface area contributed by atoms with Crippen LogP contribution in [0, 0.1) is 51.9 Å². The molecule has 0 saturated carbocycles. The molecule has 4 aromatic heterocycles. The minimum Gasteiger partial charge on any atom is -0.494 e. The first-order valence-corrected chi connectivity index (χ1v) is 29.6. The lowest BCUT2D eigenvalue weighted by Gasteiger charge is -2.17. The van der Waals surface area contributed by atoms with Gasteiger partial charge in [0.05, 0.1) is 72.7 Å². The minimum absolute atomic E-state index is 0.0134. The second-order valence-corrected chi connectivity index (χ2v) is 22.0. The number of hydrogen-bond acceptors (Lipinski definition) is 19. The third-order valence-electron chi connectivity index (χ3n) is 10.9. The predicted octanol–water partition coefficient (Wildman–Crippen LogP) is 12.9. The maximum atomic E-state index is 15.2. The Kier molecular flexibility index (Phi) is 30.3. The molecule has 0 aliphatic rings. The van der Waals surface area contributed by atoms with Crippen molar-refractivity contribution >= 4 is 106 Å². The second kappa shape index (κ2) is 37.1. The SMILES string of the molecule is C=CCOC(=O)Cc1cccc(C(=O)Cc2ccnc(Cl)n2)c1F.C=CCOC(=O)Nc1cccc(C(=O)C(SC(=N)c2cncc(F)c2)c2ccnc(Cl)n2)c1F.COc1ccc(F)c(S(=O)(=O)Cl)c1F.COc1ccc(F)cc1F.NC(=S)c1cncc(F)c1. The first kappa shape index (κ1) is 75.1. The molecule has 0 bridgehead atoms. The number of nitrogens with zero attached hydrogens (tertiary/aromatic N) is 6. The van der Waals surface area contributed by atoms with Gasteiger partial charge in [-0.05, 0) is 95.5 Å². The van der Waals surface area contributed by atoms with Gasteiger partial charge in [-0.3, -0.25) is 35.1 Å². The zero-order valence-electron chi connectivity index (χ0n) is 47.3. The maximum Gasteiger partial charge on any atom is 0.412 e. The average Bonchev–Trinajstić information content (AvgIpc) is 0.883. The first-order chi connectivity index (χ1) is 43.6. The summed E-state index contributed by atoms with van der Waals surface area (Å²) in [7, 11) is 2.84. The maximum absolute atomic E-state index is 15.2. The summed E-state index contributed by atoms with van der Waals surface area (Å²) in [6, 6.07) is 18.3. The zero-order valence-corrected chi connectivity index (χ0v) is 52.0. The highest BCUT2D eigenvalue weighted by Gasteiger charge is 2.30. The number of benzene rings is 4. The van der Waals surface area contributed by atoms with Crippen molar-refractivity contribution in [1.82, 2.24) is 29.9 Å².